The van der Waals surface area contributed by atoms with E-state index < -0.39 is 0 Å². The second-order valence-electron chi connectivity index (χ2n) is 6.55. The normalized spacial score (nSPS) is 11.0. The van der Waals surface area contributed by atoms with E-state index in [1.165, 1.54) is 0 Å². The van der Waals surface area contributed by atoms with Gasteiger partial charge in [-0.1, -0.05) is 103 Å². The molecule has 4 nitrogen and oxygen atoms in total. The van der Waals surface area contributed by atoms with Gasteiger partial charge in [-0.3, -0.25) is 10.0 Å². The highest BCUT2D eigenvalue weighted by Crippen LogP contribution is 2.08. The van der Waals surface area contributed by atoms with Crippen molar-refractivity contribution in [1.29, 1.82) is 0 Å². The van der Waals surface area contributed by atoms with Crippen molar-refractivity contribution >= 4 is 46.8 Å². The van der Waals surface area contributed by atoms with Crippen LogP contribution in [0.2, 0.25) is 0 Å². The molecule has 0 fully saturated rings. The van der Waals surface area contributed by atoms with Crippen LogP contribution >= 0.6 is 24.4 Å². The maximum Gasteiger partial charge on any atom is 0.129 e. The second-order valence-corrected chi connectivity index (χ2v) is 7.32. The largest absolute Gasteiger partial charge is 0.257 e. The van der Waals surface area contributed by atoms with Crippen LogP contribution in [-0.2, 0) is 0 Å². The molecule has 0 aliphatic carbocycles. The Kier molecular flexibility index (Phi) is 7.54. The zero-order valence-electron chi connectivity index (χ0n) is 16.8. The highest BCUT2D eigenvalue weighted by molar-refractivity contribution is 7.80. The van der Waals surface area contributed by atoms with Crippen molar-refractivity contribution in [3.8, 4) is 0 Å². The lowest BCUT2D eigenvalue weighted by atomic mass is 10.1. The molecule has 3 aromatic carbocycles. The number of nitrogens with zero attached hydrogens (tertiary/aromatic N) is 4. The SMILES string of the molecule is CN(N=Cc1cccc(C=NN(C)C(=S)c2ccccc2)c1)C(=S)c1ccccc1. The maximum atomic E-state index is 5.49. The van der Waals surface area contributed by atoms with Gasteiger partial charge in [0.2, 0.25) is 0 Å². The van der Waals surface area contributed by atoms with Crippen molar-refractivity contribution in [3.63, 3.8) is 0 Å². The van der Waals surface area contributed by atoms with Crippen molar-refractivity contribution in [1.82, 2.24) is 10.0 Å². The van der Waals surface area contributed by atoms with Gasteiger partial charge < -0.3 is 0 Å². The minimum absolute atomic E-state index is 0.667. The van der Waals surface area contributed by atoms with E-state index in [0.29, 0.717) is 9.98 Å². The predicted molar refractivity (Wildman–Crippen MR) is 133 cm³/mol. The van der Waals surface area contributed by atoms with E-state index >= 15 is 0 Å². The zero-order valence-corrected chi connectivity index (χ0v) is 18.5. The van der Waals surface area contributed by atoms with Crippen molar-refractivity contribution in [3.05, 3.63) is 107 Å². The number of hydrazone groups is 2. The minimum Gasteiger partial charge on any atom is -0.257 e. The lowest BCUT2D eigenvalue weighted by Crippen LogP contribution is -2.20. The summed E-state index contributed by atoms with van der Waals surface area (Å²) in [4.78, 5) is 1.33. The monoisotopic (exact) mass is 430 g/mol. The second kappa shape index (κ2) is 10.5. The molecule has 0 aliphatic heterocycles. The quantitative estimate of drug-likeness (QED) is 0.314. The van der Waals surface area contributed by atoms with Gasteiger partial charge in [-0.2, -0.15) is 10.2 Å². The van der Waals surface area contributed by atoms with Crippen LogP contribution in [0, 0.1) is 0 Å². The van der Waals surface area contributed by atoms with Gasteiger partial charge in [0.1, 0.15) is 9.98 Å². The van der Waals surface area contributed by atoms with E-state index in [-0.39, 0.29) is 0 Å². The first-order chi connectivity index (χ1) is 14.5. The Hall–Kier alpha value is -3.22. The van der Waals surface area contributed by atoms with Crippen LogP contribution in [0.25, 0.3) is 0 Å². The molecule has 3 rings (SSSR count). The summed E-state index contributed by atoms with van der Waals surface area (Å²) in [5, 5.41) is 12.3. The number of rotatable bonds is 6. The zero-order chi connectivity index (χ0) is 21.3. The Morgan fingerprint density at radius 3 is 1.43 bits per heavy atom. The molecule has 150 valence electrons. The fourth-order valence-corrected chi connectivity index (χ4v) is 3.03. The first-order valence-electron chi connectivity index (χ1n) is 9.39. The van der Waals surface area contributed by atoms with E-state index in [4.69, 9.17) is 24.4 Å². The molecule has 3 aromatic rings. The molecule has 0 N–H and O–H groups in total. The summed E-state index contributed by atoms with van der Waals surface area (Å²) in [5.74, 6) is 0. The van der Waals surface area contributed by atoms with Gasteiger partial charge >= 0.3 is 0 Å². The number of benzene rings is 3. The molecule has 6 heteroatoms. The third-order valence-corrected chi connectivity index (χ3v) is 5.30. The maximum absolute atomic E-state index is 5.49. The van der Waals surface area contributed by atoms with Crippen LogP contribution in [0.3, 0.4) is 0 Å². The van der Waals surface area contributed by atoms with Crippen LogP contribution in [0.1, 0.15) is 22.3 Å². The summed E-state index contributed by atoms with van der Waals surface area (Å²) < 4.78 is 0. The fourth-order valence-electron chi connectivity index (χ4n) is 2.67. The first kappa shape index (κ1) is 21.5. The van der Waals surface area contributed by atoms with Gasteiger partial charge in [-0.15, -0.1) is 0 Å². The third kappa shape index (κ3) is 5.89. The molecule has 0 saturated carbocycles. The molecule has 0 atom stereocenters. The van der Waals surface area contributed by atoms with E-state index in [9.17, 15) is 0 Å². The summed E-state index contributed by atoms with van der Waals surface area (Å²) in [5.41, 5.74) is 3.83. The van der Waals surface area contributed by atoms with Crippen LogP contribution in [0.15, 0.2) is 95.1 Å². The highest BCUT2D eigenvalue weighted by atomic mass is 32.1. The van der Waals surface area contributed by atoms with Crippen LogP contribution in [-0.4, -0.2) is 46.5 Å². The molecular weight excluding hydrogens is 408 g/mol. The van der Waals surface area contributed by atoms with Gasteiger partial charge in [0, 0.05) is 25.2 Å². The minimum atomic E-state index is 0.667. The molecule has 0 bridgehead atoms. The molecule has 0 amide bonds. The molecule has 0 spiro atoms. The Labute approximate surface area is 188 Å². The third-order valence-electron chi connectivity index (χ3n) is 4.30. The van der Waals surface area contributed by atoms with Gasteiger partial charge in [-0.25, -0.2) is 0 Å². The van der Waals surface area contributed by atoms with Gasteiger partial charge in [0.15, 0.2) is 0 Å². The van der Waals surface area contributed by atoms with Crippen molar-refractivity contribution < 1.29 is 0 Å². The van der Waals surface area contributed by atoms with Crippen molar-refractivity contribution in [2.45, 2.75) is 0 Å². The van der Waals surface area contributed by atoms with E-state index in [1.54, 1.807) is 22.4 Å². The number of hydrogen-bond acceptors (Lipinski definition) is 4. The number of thiocarbonyl (C=S) groups is 2. The van der Waals surface area contributed by atoms with Crippen LogP contribution in [0.5, 0.6) is 0 Å². The molecule has 0 saturated heterocycles. The van der Waals surface area contributed by atoms with Gasteiger partial charge in [-0.05, 0) is 17.2 Å². The summed E-state index contributed by atoms with van der Waals surface area (Å²) in [7, 11) is 3.69. The van der Waals surface area contributed by atoms with Gasteiger partial charge in [0.25, 0.3) is 0 Å². The molecule has 30 heavy (non-hydrogen) atoms. The molecular formula is C24H22N4S2. The molecule has 0 aromatic heterocycles. The molecule has 0 heterocycles. The Morgan fingerprint density at radius 1 is 0.633 bits per heavy atom. The van der Waals surface area contributed by atoms with Crippen LogP contribution in [0.4, 0.5) is 0 Å². The fraction of sp³-hybridized carbons (Fsp3) is 0.0833. The van der Waals surface area contributed by atoms with Crippen molar-refractivity contribution in [2.75, 3.05) is 14.1 Å². The number of hydrogen-bond donors (Lipinski definition) is 0. The average molecular weight is 431 g/mol. The Morgan fingerprint density at radius 2 is 1.03 bits per heavy atom. The predicted octanol–water partition coefficient (Wildman–Crippen LogP) is 4.97. The molecule has 0 radical (unpaired) electrons. The van der Waals surface area contributed by atoms with E-state index in [2.05, 4.69) is 10.2 Å². The average Bonchev–Trinajstić information content (AvgIpc) is 2.81. The van der Waals surface area contributed by atoms with E-state index in [1.807, 2.05) is 99.0 Å². The topological polar surface area (TPSA) is 31.2 Å². The summed E-state index contributed by atoms with van der Waals surface area (Å²) in [6, 6.07) is 27.6. The van der Waals surface area contributed by atoms with Crippen molar-refractivity contribution in [2.24, 2.45) is 10.2 Å². The van der Waals surface area contributed by atoms with Crippen LogP contribution < -0.4 is 0 Å². The smallest absolute Gasteiger partial charge is 0.129 e. The molecule has 0 unspecified atom stereocenters. The Balaban J connectivity index is 1.65. The standard InChI is InChI=1S/C24H22N4S2/c1-27(23(29)21-12-5-3-6-13-21)25-17-19-10-9-11-20(16-19)18-26-28(2)24(30)22-14-7-4-8-15-22/h3-18H,1-2H3. The van der Waals surface area contributed by atoms with E-state index in [0.717, 1.165) is 22.3 Å². The highest BCUT2D eigenvalue weighted by Gasteiger charge is 2.06. The summed E-state index contributed by atoms with van der Waals surface area (Å²) in [6.07, 6.45) is 3.57. The first-order valence-corrected chi connectivity index (χ1v) is 10.2. The summed E-state index contributed by atoms with van der Waals surface area (Å²) in [6.45, 7) is 0. The lowest BCUT2D eigenvalue weighted by molar-refractivity contribution is 0.559. The lowest BCUT2D eigenvalue weighted by Gasteiger charge is -2.14. The molecule has 0 aliphatic rings. The Bertz CT molecular complexity index is 980. The van der Waals surface area contributed by atoms with Gasteiger partial charge in [0.05, 0.1) is 12.4 Å². The summed E-state index contributed by atoms with van der Waals surface area (Å²) >= 11 is 11.0.